The van der Waals surface area contributed by atoms with Crippen LogP contribution < -0.4 is 0 Å². The van der Waals surface area contributed by atoms with Crippen LogP contribution in [-0.2, 0) is 27.7 Å². The fourth-order valence-corrected chi connectivity index (χ4v) is 6.60. The molecule has 1 aliphatic rings. The maximum absolute atomic E-state index is 11.5. The molecule has 3 rings (SSSR count). The molecule has 0 N–H and O–H groups in total. The molecule has 4 nitrogen and oxygen atoms in total. The second-order valence-corrected chi connectivity index (χ2v) is 14.7. The van der Waals surface area contributed by atoms with Crippen molar-refractivity contribution in [3.8, 4) is 0 Å². The average molecular weight is 660 g/mol. The standard InChI is InChI=1S/C36H52N2.2C2H6N.Ni/c1-4-7-10-12-14-16-20-31-21-18-23-33(28-31)35-29-34(22-17-15-13-11-8-5-2)36(38(35)37)32-26-24-30(25-27-32)19-9-6-3;2*1-3-2;/h18,21,23-29H,4-17,19-20,22H2,1-3H3;2*1-2H3;/q;2*-1;+2. The molecule has 0 atom stereocenters. The molecule has 254 valence electrons. The van der Waals surface area contributed by atoms with Gasteiger partial charge in [0.15, 0.2) is 0 Å². The number of unbranched alkanes of at least 4 members (excludes halogenated alkanes) is 11. The van der Waals surface area contributed by atoms with Crippen LogP contribution in [0.2, 0.25) is 0 Å². The Hall–Kier alpha value is -2.07. The molecule has 0 spiro atoms. The molecule has 0 aromatic heterocycles. The van der Waals surface area contributed by atoms with E-state index in [0.717, 1.165) is 41.8 Å². The Morgan fingerprint density at radius 3 is 1.67 bits per heavy atom. The van der Waals surface area contributed by atoms with Gasteiger partial charge in [-0.15, -0.1) is 0 Å². The molecule has 0 unspecified atom stereocenters. The van der Waals surface area contributed by atoms with Crippen molar-refractivity contribution in [1.82, 2.24) is 7.96 Å². The SMILES string of the molecule is CCCCCCCCC1=C(c2ccc(CCCC)cc2)[N+](=[N-])C(c2cccc(CCCCCCCC)c2)=C1.C[N](C)[Ni][N](C)C. The summed E-state index contributed by atoms with van der Waals surface area (Å²) in [6, 6.07) is 17.7. The van der Waals surface area contributed by atoms with E-state index in [1.807, 2.05) is 28.2 Å². The molecule has 2 aromatic carbocycles. The van der Waals surface area contributed by atoms with Crippen LogP contribution in [0.15, 0.2) is 60.2 Å². The molecule has 0 aliphatic carbocycles. The summed E-state index contributed by atoms with van der Waals surface area (Å²) in [6.45, 7) is 6.79. The Labute approximate surface area is 284 Å². The number of nitrogens with zero attached hydrogens (tertiary/aromatic N) is 4. The van der Waals surface area contributed by atoms with Crippen LogP contribution in [-0.4, -0.2) is 40.8 Å². The van der Waals surface area contributed by atoms with E-state index in [1.165, 1.54) is 126 Å². The fourth-order valence-electron chi connectivity index (χ4n) is 5.81. The molecular weight excluding hydrogens is 595 g/mol. The molecule has 0 saturated carbocycles. The van der Waals surface area contributed by atoms with Crippen molar-refractivity contribution >= 4 is 11.4 Å². The van der Waals surface area contributed by atoms with Crippen molar-refractivity contribution in [2.24, 2.45) is 0 Å². The third-order valence-corrected chi connectivity index (χ3v) is 8.99. The Morgan fingerprint density at radius 1 is 0.578 bits per heavy atom. The monoisotopic (exact) mass is 658 g/mol. The quantitative estimate of drug-likeness (QED) is 0.0759. The van der Waals surface area contributed by atoms with Crippen LogP contribution in [0.3, 0.4) is 0 Å². The first-order chi connectivity index (χ1) is 21.8. The van der Waals surface area contributed by atoms with Gasteiger partial charge < -0.3 is 5.53 Å². The molecule has 0 radical (unpaired) electrons. The second-order valence-electron chi connectivity index (χ2n) is 12.8. The van der Waals surface area contributed by atoms with Crippen LogP contribution in [0, 0.1) is 0 Å². The van der Waals surface area contributed by atoms with Crippen molar-refractivity contribution in [2.45, 2.75) is 130 Å². The van der Waals surface area contributed by atoms with Gasteiger partial charge in [0.25, 0.3) is 0 Å². The normalized spacial score (nSPS) is 13.2. The molecule has 1 aliphatic heterocycles. The third kappa shape index (κ3) is 15.4. The summed E-state index contributed by atoms with van der Waals surface area (Å²) in [7, 11) is 8.11. The van der Waals surface area contributed by atoms with Gasteiger partial charge >= 0.3 is 51.0 Å². The van der Waals surface area contributed by atoms with Crippen molar-refractivity contribution in [1.29, 1.82) is 0 Å². The van der Waals surface area contributed by atoms with Crippen molar-refractivity contribution in [3.63, 3.8) is 0 Å². The number of hydrogen-bond acceptors (Lipinski definition) is 2. The van der Waals surface area contributed by atoms with Crippen LogP contribution in [0.5, 0.6) is 0 Å². The Morgan fingerprint density at radius 2 is 1.11 bits per heavy atom. The zero-order chi connectivity index (χ0) is 32.9. The number of aryl methyl sites for hydroxylation is 2. The third-order valence-electron chi connectivity index (χ3n) is 8.20. The van der Waals surface area contributed by atoms with E-state index < -0.39 is 0 Å². The number of hydrogen-bond donors (Lipinski definition) is 0. The predicted octanol–water partition coefficient (Wildman–Crippen LogP) is 11.5. The van der Waals surface area contributed by atoms with Gasteiger partial charge in [-0.1, -0.05) is 116 Å². The Kier molecular flexibility index (Phi) is 20.2. The van der Waals surface area contributed by atoms with Gasteiger partial charge in [-0.2, -0.15) is 0 Å². The Bertz CT molecular complexity index is 1160. The predicted molar refractivity (Wildman–Crippen MR) is 192 cm³/mol. The zero-order valence-electron chi connectivity index (χ0n) is 29.8. The van der Waals surface area contributed by atoms with Crippen molar-refractivity contribution < 1.29 is 19.6 Å². The average Bonchev–Trinajstić information content (AvgIpc) is 3.35. The van der Waals surface area contributed by atoms with Crippen molar-refractivity contribution in [3.05, 3.63) is 88.0 Å². The molecule has 1 heterocycles. The first-order valence-corrected chi connectivity index (χ1v) is 18.8. The zero-order valence-corrected chi connectivity index (χ0v) is 30.8. The van der Waals surface area contributed by atoms with Gasteiger partial charge in [0.1, 0.15) is 0 Å². The minimum atomic E-state index is 0.917. The molecule has 45 heavy (non-hydrogen) atoms. The van der Waals surface area contributed by atoms with E-state index in [1.54, 1.807) is 0 Å². The van der Waals surface area contributed by atoms with Crippen molar-refractivity contribution in [2.75, 3.05) is 28.2 Å². The molecular formula is C40H64N4Ni. The van der Waals surface area contributed by atoms with E-state index in [2.05, 4.69) is 83.3 Å². The summed E-state index contributed by atoms with van der Waals surface area (Å²) in [4.78, 5) is 0. The van der Waals surface area contributed by atoms with Crippen LogP contribution in [0.25, 0.3) is 16.9 Å². The molecule has 0 fully saturated rings. The van der Waals surface area contributed by atoms with E-state index in [4.69, 9.17) is 0 Å². The van der Waals surface area contributed by atoms with Gasteiger partial charge in [-0.3, -0.25) is 0 Å². The molecule has 2 aromatic rings. The molecule has 0 amide bonds. The summed E-state index contributed by atoms with van der Waals surface area (Å²) in [6.07, 6.45) is 23.5. The second kappa shape index (κ2) is 23.3. The topological polar surface area (TPSA) is 31.8 Å². The van der Waals surface area contributed by atoms with Gasteiger partial charge in [0.05, 0.1) is 0 Å². The molecule has 5 heteroatoms. The number of allylic oxidation sites excluding steroid dienone is 2. The van der Waals surface area contributed by atoms with Crippen LogP contribution in [0.1, 0.15) is 139 Å². The maximum atomic E-state index is 11.5. The van der Waals surface area contributed by atoms with Gasteiger partial charge in [0.2, 0.25) is 11.4 Å². The fraction of sp³-hybridized carbons (Fsp3) is 0.600. The van der Waals surface area contributed by atoms with E-state index >= 15 is 0 Å². The summed E-state index contributed by atoms with van der Waals surface area (Å²) in [5.74, 6) is 0. The van der Waals surface area contributed by atoms with E-state index in [9.17, 15) is 5.53 Å². The van der Waals surface area contributed by atoms with Gasteiger partial charge in [0, 0.05) is 22.8 Å². The van der Waals surface area contributed by atoms with Crippen LogP contribution in [0.4, 0.5) is 0 Å². The molecule has 0 saturated heterocycles. The van der Waals surface area contributed by atoms with E-state index in [-0.39, 0.29) is 0 Å². The first-order valence-electron chi connectivity index (χ1n) is 17.9. The van der Waals surface area contributed by atoms with E-state index in [0.29, 0.717) is 0 Å². The minimum absolute atomic E-state index is 0.917. The Balaban J connectivity index is 0.000000900. The summed E-state index contributed by atoms with van der Waals surface area (Å²) in [5, 5.41) is 0. The summed E-state index contributed by atoms with van der Waals surface area (Å²) >= 11 is 1.51. The van der Waals surface area contributed by atoms with Gasteiger partial charge in [-0.25, -0.2) is 4.70 Å². The number of benzene rings is 2. The van der Waals surface area contributed by atoms with Gasteiger partial charge in [-0.05, 0) is 73.9 Å². The van der Waals surface area contributed by atoms with Crippen LogP contribution >= 0.6 is 0 Å². The number of rotatable bonds is 21. The molecule has 0 bridgehead atoms. The summed E-state index contributed by atoms with van der Waals surface area (Å²) in [5.41, 5.74) is 19.6. The first kappa shape index (κ1) is 39.1. The summed E-state index contributed by atoms with van der Waals surface area (Å²) < 4.78 is 5.59.